The van der Waals surface area contributed by atoms with Crippen LogP contribution in [0.25, 0.3) is 33.9 Å². The predicted molar refractivity (Wildman–Crippen MR) is 107 cm³/mol. The van der Waals surface area contributed by atoms with E-state index < -0.39 is 0 Å². The van der Waals surface area contributed by atoms with Crippen LogP contribution in [0, 0.1) is 11.3 Å². The van der Waals surface area contributed by atoms with Crippen LogP contribution in [0.1, 0.15) is 39.3 Å². The van der Waals surface area contributed by atoms with Gasteiger partial charge in [0.05, 0.1) is 17.2 Å². The van der Waals surface area contributed by atoms with Gasteiger partial charge in [-0.2, -0.15) is 10.2 Å². The van der Waals surface area contributed by atoms with Gasteiger partial charge in [-0.15, -0.1) is 5.10 Å². The summed E-state index contributed by atoms with van der Waals surface area (Å²) >= 11 is 0. The van der Waals surface area contributed by atoms with E-state index in [0.29, 0.717) is 28.6 Å². The third kappa shape index (κ3) is 3.55. The van der Waals surface area contributed by atoms with E-state index in [9.17, 15) is 5.26 Å². The Morgan fingerprint density at radius 2 is 1.86 bits per heavy atom. The third-order valence-electron chi connectivity index (χ3n) is 4.35. The summed E-state index contributed by atoms with van der Waals surface area (Å²) in [5.74, 6) is 1.31. The van der Waals surface area contributed by atoms with Gasteiger partial charge in [-0.05, 0) is 64.1 Å². The van der Waals surface area contributed by atoms with Gasteiger partial charge in [0.1, 0.15) is 17.3 Å². The summed E-state index contributed by atoms with van der Waals surface area (Å²) in [6.45, 7) is 7.94. The molecule has 0 aliphatic rings. The van der Waals surface area contributed by atoms with Gasteiger partial charge in [-0.1, -0.05) is 10.4 Å². The molecule has 8 nitrogen and oxygen atoms in total. The van der Waals surface area contributed by atoms with Crippen molar-refractivity contribution in [1.29, 1.82) is 5.26 Å². The highest BCUT2D eigenvalue weighted by molar-refractivity contribution is 5.80. The van der Waals surface area contributed by atoms with Crippen LogP contribution in [0.5, 0.6) is 5.75 Å². The molecule has 0 spiro atoms. The molecule has 2 heterocycles. The van der Waals surface area contributed by atoms with Gasteiger partial charge in [-0.3, -0.25) is 0 Å². The maximum atomic E-state index is 9.42. The summed E-state index contributed by atoms with van der Waals surface area (Å²) in [6.07, 6.45) is -0.0217. The molecule has 2 aromatic heterocycles. The molecule has 8 heteroatoms. The first-order valence-electron chi connectivity index (χ1n) is 9.36. The van der Waals surface area contributed by atoms with Crippen LogP contribution in [0.2, 0.25) is 0 Å². The molecule has 0 saturated heterocycles. The number of rotatable bonds is 5. The molecule has 0 aliphatic carbocycles. The summed E-state index contributed by atoms with van der Waals surface area (Å²) < 4.78 is 13.0. The van der Waals surface area contributed by atoms with E-state index in [4.69, 9.17) is 9.26 Å². The first-order chi connectivity index (χ1) is 14.0. The Kier molecular flexibility index (Phi) is 4.72. The van der Waals surface area contributed by atoms with Gasteiger partial charge < -0.3 is 9.26 Å². The number of hydrogen-bond acceptors (Lipinski definition) is 7. The smallest absolute Gasteiger partial charge is 0.258 e. The highest BCUT2D eigenvalue weighted by atomic mass is 16.5. The lowest BCUT2D eigenvalue weighted by Gasteiger charge is -2.11. The fourth-order valence-corrected chi connectivity index (χ4v) is 3.03. The molecule has 4 aromatic rings. The van der Waals surface area contributed by atoms with E-state index in [0.717, 1.165) is 16.6 Å². The zero-order valence-corrected chi connectivity index (χ0v) is 16.6. The van der Waals surface area contributed by atoms with Crippen LogP contribution >= 0.6 is 0 Å². The normalized spacial score (nSPS) is 11.3. The summed E-state index contributed by atoms with van der Waals surface area (Å²) in [5, 5.41) is 21.9. The molecule has 0 N–H and O–H groups in total. The van der Waals surface area contributed by atoms with Crippen molar-refractivity contribution in [3.05, 3.63) is 42.0 Å². The maximum absolute atomic E-state index is 9.42. The van der Waals surface area contributed by atoms with Gasteiger partial charge in [0.2, 0.25) is 5.82 Å². The number of hydrogen-bond donors (Lipinski definition) is 0. The zero-order chi connectivity index (χ0) is 20.5. The predicted octanol–water partition coefficient (Wildman–Crippen LogP) is 4.39. The molecular weight excluding hydrogens is 368 g/mol. The van der Waals surface area contributed by atoms with Crippen molar-refractivity contribution >= 4 is 11.0 Å². The van der Waals surface area contributed by atoms with Gasteiger partial charge >= 0.3 is 0 Å². The molecule has 0 unspecified atom stereocenters. The number of fused-ring (bicyclic) bond motifs is 1. The first-order valence-corrected chi connectivity index (χ1v) is 9.36. The Labute approximate surface area is 167 Å². The van der Waals surface area contributed by atoms with Crippen LogP contribution in [0.3, 0.4) is 0 Å². The lowest BCUT2D eigenvalue weighted by Crippen LogP contribution is -2.06. The second kappa shape index (κ2) is 7.36. The minimum atomic E-state index is -0.0217. The van der Waals surface area contributed by atoms with Gasteiger partial charge in [0, 0.05) is 17.2 Å². The van der Waals surface area contributed by atoms with Crippen molar-refractivity contribution < 1.29 is 9.26 Å². The molecule has 0 saturated carbocycles. The molecule has 0 fully saturated rings. The van der Waals surface area contributed by atoms with Crippen molar-refractivity contribution in [2.24, 2.45) is 0 Å². The Morgan fingerprint density at radius 1 is 1.07 bits per heavy atom. The molecule has 0 bridgehead atoms. The van der Waals surface area contributed by atoms with Crippen LogP contribution < -0.4 is 4.74 Å². The fourth-order valence-electron chi connectivity index (χ4n) is 3.03. The number of benzene rings is 2. The summed E-state index contributed by atoms with van der Waals surface area (Å²) in [4.78, 5) is 4.48. The Bertz CT molecular complexity index is 1220. The standard InChI is InChI=1S/C21H20N6O2/c1-12(2)27-18-7-5-14(10-17(18)24-26-27)20-23-21(29-25-20)15-6-8-19(28-13(3)4)16(9-15)11-22/h5-10,12-13H,1-4H3. The van der Waals surface area contributed by atoms with Crippen molar-refractivity contribution in [2.75, 3.05) is 0 Å². The molecule has 2 aromatic carbocycles. The van der Waals surface area contributed by atoms with Crippen molar-refractivity contribution in [3.63, 3.8) is 0 Å². The number of ether oxygens (including phenoxy) is 1. The maximum Gasteiger partial charge on any atom is 0.258 e. The number of nitrogens with zero attached hydrogens (tertiary/aromatic N) is 6. The topological polar surface area (TPSA) is 103 Å². The molecule has 29 heavy (non-hydrogen) atoms. The monoisotopic (exact) mass is 388 g/mol. The van der Waals surface area contributed by atoms with Gasteiger partial charge in [-0.25, -0.2) is 4.68 Å². The van der Waals surface area contributed by atoms with E-state index in [1.54, 1.807) is 18.2 Å². The molecule has 146 valence electrons. The number of nitriles is 1. The molecule has 0 amide bonds. The molecule has 4 rings (SSSR count). The van der Waals surface area contributed by atoms with Gasteiger partial charge in [0.25, 0.3) is 5.89 Å². The Hall–Kier alpha value is -3.73. The lowest BCUT2D eigenvalue weighted by molar-refractivity contribution is 0.242. The average Bonchev–Trinajstić information content (AvgIpc) is 3.34. The van der Waals surface area contributed by atoms with E-state index in [1.165, 1.54) is 0 Å². The lowest BCUT2D eigenvalue weighted by atomic mass is 10.1. The molecule has 0 aliphatic heterocycles. The fraction of sp³-hybridized carbons (Fsp3) is 0.286. The third-order valence-corrected chi connectivity index (χ3v) is 4.35. The van der Waals surface area contributed by atoms with E-state index in [1.807, 2.05) is 36.7 Å². The second-order valence-corrected chi connectivity index (χ2v) is 7.24. The summed E-state index contributed by atoms with van der Waals surface area (Å²) in [7, 11) is 0. The first kappa shape index (κ1) is 18.6. The van der Waals surface area contributed by atoms with E-state index in [2.05, 4.69) is 40.4 Å². The van der Waals surface area contributed by atoms with Crippen LogP contribution in [-0.4, -0.2) is 31.2 Å². The SMILES string of the molecule is CC(C)Oc1ccc(-c2nc(-c3ccc4c(c3)nnn4C(C)C)no2)cc1C#N. The van der Waals surface area contributed by atoms with Gasteiger partial charge in [0.15, 0.2) is 0 Å². The minimum absolute atomic E-state index is 0.0217. The second-order valence-electron chi connectivity index (χ2n) is 7.24. The molecular formula is C21H20N6O2. The summed E-state index contributed by atoms with van der Waals surface area (Å²) in [6, 6.07) is 13.4. The zero-order valence-electron chi connectivity index (χ0n) is 16.6. The highest BCUT2D eigenvalue weighted by Gasteiger charge is 2.15. The Balaban J connectivity index is 1.67. The Morgan fingerprint density at radius 3 is 2.59 bits per heavy atom. The van der Waals surface area contributed by atoms with E-state index >= 15 is 0 Å². The van der Waals surface area contributed by atoms with Crippen molar-refractivity contribution in [3.8, 4) is 34.7 Å². The van der Waals surface area contributed by atoms with Crippen LogP contribution in [0.4, 0.5) is 0 Å². The van der Waals surface area contributed by atoms with Crippen LogP contribution in [-0.2, 0) is 0 Å². The quantitative estimate of drug-likeness (QED) is 0.499. The van der Waals surface area contributed by atoms with E-state index in [-0.39, 0.29) is 12.1 Å². The molecule has 0 radical (unpaired) electrons. The largest absolute Gasteiger partial charge is 0.490 e. The highest BCUT2D eigenvalue weighted by Crippen LogP contribution is 2.28. The van der Waals surface area contributed by atoms with Crippen LogP contribution in [0.15, 0.2) is 40.9 Å². The molecule has 0 atom stereocenters. The number of aromatic nitrogens is 5. The van der Waals surface area contributed by atoms with Crippen molar-refractivity contribution in [2.45, 2.75) is 39.8 Å². The average molecular weight is 388 g/mol. The van der Waals surface area contributed by atoms with Crippen molar-refractivity contribution in [1.82, 2.24) is 25.1 Å². The minimum Gasteiger partial charge on any atom is -0.490 e. The summed E-state index contributed by atoms with van der Waals surface area (Å²) in [5.41, 5.74) is 3.57.